The lowest BCUT2D eigenvalue weighted by Gasteiger charge is -2.34. The summed E-state index contributed by atoms with van der Waals surface area (Å²) < 4.78 is 49.7. The van der Waals surface area contributed by atoms with Crippen LogP contribution in [0.1, 0.15) is 51.1 Å². The van der Waals surface area contributed by atoms with E-state index in [4.69, 9.17) is 0 Å². The molecule has 170 valence electrons. The summed E-state index contributed by atoms with van der Waals surface area (Å²) in [5.41, 5.74) is 0.827. The van der Waals surface area contributed by atoms with Gasteiger partial charge in [0.25, 0.3) is 0 Å². The molecule has 0 bridgehead atoms. The van der Waals surface area contributed by atoms with Gasteiger partial charge in [-0.2, -0.15) is 13.2 Å². The van der Waals surface area contributed by atoms with Gasteiger partial charge in [0.1, 0.15) is 12.2 Å². The number of piperidine rings is 1. The molecule has 0 saturated carbocycles. The zero-order chi connectivity index (χ0) is 22.8. The van der Waals surface area contributed by atoms with Crippen molar-refractivity contribution in [1.29, 1.82) is 0 Å². The third-order valence-electron chi connectivity index (χ3n) is 5.68. The fourth-order valence-electron chi connectivity index (χ4n) is 3.92. The number of likely N-dealkylation sites (tertiary alicyclic amines) is 1. The number of halogens is 4. The number of nitrogens with zero attached hydrogens (tertiary/aromatic N) is 2. The molecule has 0 radical (unpaired) electrons. The van der Waals surface area contributed by atoms with Crippen molar-refractivity contribution >= 4 is 28.7 Å². The van der Waals surface area contributed by atoms with Crippen LogP contribution in [0.2, 0.25) is 0 Å². The molecule has 0 aliphatic carbocycles. The predicted molar refractivity (Wildman–Crippen MR) is 111 cm³/mol. The summed E-state index contributed by atoms with van der Waals surface area (Å²) in [4.78, 5) is 30.2. The zero-order valence-corrected chi connectivity index (χ0v) is 18.2. The largest absolute Gasteiger partial charge is 0.397 e. The molecular formula is C21H25F4N3O2S. The first-order chi connectivity index (χ1) is 14.4. The smallest absolute Gasteiger partial charge is 0.342 e. The highest BCUT2D eigenvalue weighted by molar-refractivity contribution is 8.16. The van der Waals surface area contributed by atoms with Gasteiger partial charge in [-0.25, -0.2) is 4.39 Å². The number of carbonyl (C=O) groups is 2. The van der Waals surface area contributed by atoms with E-state index in [1.807, 2.05) is 13.8 Å². The van der Waals surface area contributed by atoms with Crippen molar-refractivity contribution in [2.24, 2.45) is 10.9 Å². The molecule has 2 aliphatic rings. The van der Waals surface area contributed by atoms with Crippen LogP contribution in [0.25, 0.3) is 0 Å². The van der Waals surface area contributed by atoms with E-state index in [9.17, 15) is 27.2 Å². The van der Waals surface area contributed by atoms with Crippen molar-refractivity contribution in [3.8, 4) is 0 Å². The van der Waals surface area contributed by atoms with Gasteiger partial charge in [0, 0.05) is 13.1 Å². The Bertz CT molecular complexity index is 851. The Morgan fingerprint density at radius 3 is 2.48 bits per heavy atom. The number of hydrogen-bond acceptors (Lipinski definition) is 4. The maximum absolute atomic E-state index is 13.1. The topological polar surface area (TPSA) is 61.8 Å². The highest BCUT2D eigenvalue weighted by Gasteiger charge is 2.45. The minimum atomic E-state index is -4.50. The second-order valence-electron chi connectivity index (χ2n) is 8.27. The maximum atomic E-state index is 13.1. The second-order valence-corrected chi connectivity index (χ2v) is 9.76. The molecule has 2 aliphatic heterocycles. The van der Waals surface area contributed by atoms with Crippen LogP contribution < -0.4 is 5.32 Å². The molecule has 2 saturated heterocycles. The molecule has 2 heterocycles. The van der Waals surface area contributed by atoms with E-state index < -0.39 is 23.3 Å². The molecule has 2 fully saturated rings. The van der Waals surface area contributed by atoms with Crippen molar-refractivity contribution in [3.63, 3.8) is 0 Å². The van der Waals surface area contributed by atoms with E-state index in [2.05, 4.69) is 10.3 Å². The van der Waals surface area contributed by atoms with Gasteiger partial charge in [-0.05, 0) is 56.7 Å². The molecule has 1 aromatic carbocycles. The number of nitrogens with one attached hydrogen (secondary N) is 1. The monoisotopic (exact) mass is 459 g/mol. The molecule has 1 unspecified atom stereocenters. The Hall–Kier alpha value is -2.10. The van der Waals surface area contributed by atoms with Crippen LogP contribution in [0.3, 0.4) is 0 Å². The summed E-state index contributed by atoms with van der Waals surface area (Å²) >= 11 is 1.34. The summed E-state index contributed by atoms with van der Waals surface area (Å²) in [6, 6.07) is 5.77. The van der Waals surface area contributed by atoms with Gasteiger partial charge >= 0.3 is 6.18 Å². The molecule has 2 atom stereocenters. The van der Waals surface area contributed by atoms with Gasteiger partial charge < -0.3 is 10.2 Å². The van der Waals surface area contributed by atoms with Crippen LogP contribution in [0.15, 0.2) is 29.3 Å². The third kappa shape index (κ3) is 6.21. The SMILES string of the molecule is C[C@H](N=C1NC(=O)C(C)(CC2CCN(C(=O)CC(F)(F)F)CC2)S1)c1ccc(F)cc1. The number of alkyl halides is 3. The van der Waals surface area contributed by atoms with Crippen molar-refractivity contribution in [2.75, 3.05) is 13.1 Å². The minimum Gasteiger partial charge on any atom is -0.342 e. The number of carbonyl (C=O) groups excluding carboxylic acids is 2. The quantitative estimate of drug-likeness (QED) is 0.662. The summed E-state index contributed by atoms with van der Waals surface area (Å²) in [5.74, 6) is -1.24. The lowest BCUT2D eigenvalue weighted by atomic mass is 9.87. The van der Waals surface area contributed by atoms with Gasteiger partial charge in [-0.1, -0.05) is 23.9 Å². The number of hydrogen-bond donors (Lipinski definition) is 1. The molecule has 5 nitrogen and oxygen atoms in total. The van der Waals surface area contributed by atoms with Crippen molar-refractivity contribution < 1.29 is 27.2 Å². The average molecular weight is 460 g/mol. The first-order valence-electron chi connectivity index (χ1n) is 10.1. The summed E-state index contributed by atoms with van der Waals surface area (Å²) in [5, 5.41) is 3.31. The number of aliphatic imine (C=N–C) groups is 1. The van der Waals surface area contributed by atoms with E-state index in [0.717, 1.165) is 5.56 Å². The molecular weight excluding hydrogens is 434 g/mol. The van der Waals surface area contributed by atoms with Gasteiger partial charge in [-0.3, -0.25) is 14.6 Å². The van der Waals surface area contributed by atoms with Crippen LogP contribution in [-0.2, 0) is 9.59 Å². The van der Waals surface area contributed by atoms with Crippen LogP contribution in [-0.4, -0.2) is 45.9 Å². The van der Waals surface area contributed by atoms with Gasteiger partial charge in [0.2, 0.25) is 11.8 Å². The second kappa shape index (κ2) is 9.18. The Labute approximate surface area is 182 Å². The van der Waals surface area contributed by atoms with Crippen LogP contribution in [0.4, 0.5) is 17.6 Å². The highest BCUT2D eigenvalue weighted by Crippen LogP contribution is 2.40. The molecule has 1 aromatic rings. The number of amides is 2. The third-order valence-corrected chi connectivity index (χ3v) is 6.89. The molecule has 3 rings (SSSR count). The Kier molecular flexibility index (Phi) is 6.98. The van der Waals surface area contributed by atoms with E-state index in [-0.39, 0.29) is 36.8 Å². The van der Waals surface area contributed by atoms with E-state index >= 15 is 0 Å². The molecule has 10 heteroatoms. The lowest BCUT2D eigenvalue weighted by molar-refractivity contribution is -0.162. The molecule has 31 heavy (non-hydrogen) atoms. The first kappa shape index (κ1) is 23.6. The van der Waals surface area contributed by atoms with Crippen molar-refractivity contribution in [1.82, 2.24) is 10.2 Å². The number of rotatable bonds is 5. The number of amidine groups is 1. The van der Waals surface area contributed by atoms with Crippen LogP contribution >= 0.6 is 11.8 Å². The number of thioether (sulfide) groups is 1. The van der Waals surface area contributed by atoms with Crippen LogP contribution in [0.5, 0.6) is 0 Å². The normalized spacial score (nSPS) is 25.0. The summed E-state index contributed by atoms with van der Waals surface area (Å²) in [6.45, 7) is 4.23. The fraction of sp³-hybridized carbons (Fsp3) is 0.571. The van der Waals surface area contributed by atoms with Gasteiger partial charge in [0.05, 0.1) is 10.8 Å². The summed E-state index contributed by atoms with van der Waals surface area (Å²) in [6.07, 6.45) is -4.26. The molecule has 0 spiro atoms. The summed E-state index contributed by atoms with van der Waals surface area (Å²) in [7, 11) is 0. The number of benzene rings is 1. The van der Waals surface area contributed by atoms with Crippen molar-refractivity contribution in [2.45, 2.75) is 56.5 Å². The standard InChI is InChI=1S/C21H25F4N3O2S/c1-13(15-3-5-16(22)6-4-15)26-19-27-18(30)20(2,31-19)11-14-7-9-28(10-8-14)17(29)12-21(23,24)25/h3-6,13-14H,7-12H2,1-2H3,(H,26,27,30)/t13-,20?/m0/s1. The van der Waals surface area contributed by atoms with Gasteiger partial charge in [0.15, 0.2) is 5.17 Å². The Morgan fingerprint density at radius 1 is 1.29 bits per heavy atom. The van der Waals surface area contributed by atoms with Crippen molar-refractivity contribution in [3.05, 3.63) is 35.6 Å². The van der Waals surface area contributed by atoms with Gasteiger partial charge in [-0.15, -0.1) is 0 Å². The Morgan fingerprint density at radius 2 is 1.90 bits per heavy atom. The molecule has 1 N–H and O–H groups in total. The maximum Gasteiger partial charge on any atom is 0.397 e. The fourth-order valence-corrected chi connectivity index (χ4v) is 5.16. The molecule has 2 amide bonds. The van der Waals surface area contributed by atoms with Crippen LogP contribution in [0, 0.1) is 11.7 Å². The average Bonchev–Trinajstić information content (AvgIpc) is 2.94. The Balaban J connectivity index is 1.56. The minimum absolute atomic E-state index is 0.132. The molecule has 0 aromatic heterocycles. The first-order valence-corrected chi connectivity index (χ1v) is 10.9. The van der Waals surface area contributed by atoms with E-state index in [1.54, 1.807) is 12.1 Å². The van der Waals surface area contributed by atoms with E-state index in [1.165, 1.54) is 28.8 Å². The highest BCUT2D eigenvalue weighted by atomic mass is 32.2. The zero-order valence-electron chi connectivity index (χ0n) is 17.3. The predicted octanol–water partition coefficient (Wildman–Crippen LogP) is 4.45. The lowest BCUT2D eigenvalue weighted by Crippen LogP contribution is -2.42. The van der Waals surface area contributed by atoms with E-state index in [0.29, 0.717) is 24.4 Å².